The standard InChI is InChI=1S/C30H23F3N2O4/c31-30(32,33)25-9-7-23-24(29(25)18-3-1-17(2-4-18)19-11-12-34-35-15-19)8-10-26(23)39-21-5-6-22-20(13-28(36)37)16-38-27(22)14-21/h1-7,9,11-12,14-15,20,26H,8,10,13,16H2,(H,36,37)/t20-,26?/m1/s1. The number of aliphatic carboxylic acids is 1. The molecule has 1 aliphatic carbocycles. The summed E-state index contributed by atoms with van der Waals surface area (Å²) in [6, 6.07) is 16.7. The van der Waals surface area contributed by atoms with E-state index in [-0.39, 0.29) is 24.5 Å². The zero-order valence-electron chi connectivity index (χ0n) is 20.6. The maximum Gasteiger partial charge on any atom is 0.417 e. The summed E-state index contributed by atoms with van der Waals surface area (Å²) >= 11 is 0. The number of benzene rings is 3. The van der Waals surface area contributed by atoms with Crippen molar-refractivity contribution < 1.29 is 32.5 Å². The second kappa shape index (κ2) is 9.72. The van der Waals surface area contributed by atoms with Gasteiger partial charge in [-0.05, 0) is 58.9 Å². The van der Waals surface area contributed by atoms with E-state index in [0.717, 1.165) is 28.3 Å². The zero-order valence-corrected chi connectivity index (χ0v) is 20.6. The van der Waals surface area contributed by atoms with Crippen molar-refractivity contribution in [2.24, 2.45) is 0 Å². The van der Waals surface area contributed by atoms with Crippen molar-refractivity contribution in [1.82, 2.24) is 10.2 Å². The van der Waals surface area contributed by atoms with Crippen molar-refractivity contribution >= 4 is 5.97 Å². The van der Waals surface area contributed by atoms with Crippen molar-refractivity contribution in [1.29, 1.82) is 0 Å². The molecule has 4 aromatic rings. The Morgan fingerprint density at radius 1 is 0.974 bits per heavy atom. The summed E-state index contributed by atoms with van der Waals surface area (Å²) in [6.45, 7) is 0.289. The molecule has 3 aromatic carbocycles. The molecule has 1 aliphatic heterocycles. The van der Waals surface area contributed by atoms with Crippen LogP contribution >= 0.6 is 0 Å². The lowest BCUT2D eigenvalue weighted by atomic mass is 9.90. The maximum absolute atomic E-state index is 14.1. The molecular formula is C30H23F3N2O4. The number of halogens is 3. The third-order valence-corrected chi connectivity index (χ3v) is 7.31. The van der Waals surface area contributed by atoms with Gasteiger partial charge in [-0.3, -0.25) is 4.79 Å². The third-order valence-electron chi connectivity index (χ3n) is 7.31. The number of fused-ring (bicyclic) bond motifs is 2. The van der Waals surface area contributed by atoms with Gasteiger partial charge in [0.2, 0.25) is 0 Å². The molecule has 6 nitrogen and oxygen atoms in total. The average molecular weight is 533 g/mol. The smallest absolute Gasteiger partial charge is 0.417 e. The Hall–Kier alpha value is -4.40. The van der Waals surface area contributed by atoms with Gasteiger partial charge in [0, 0.05) is 23.1 Å². The summed E-state index contributed by atoms with van der Waals surface area (Å²) in [4.78, 5) is 11.1. The van der Waals surface area contributed by atoms with Gasteiger partial charge >= 0.3 is 12.1 Å². The number of hydrogen-bond donors (Lipinski definition) is 1. The molecule has 6 rings (SSSR count). The Morgan fingerprint density at radius 3 is 2.46 bits per heavy atom. The molecule has 0 spiro atoms. The predicted molar refractivity (Wildman–Crippen MR) is 137 cm³/mol. The fraction of sp³-hybridized carbons (Fsp3) is 0.233. The average Bonchev–Trinajstić information content (AvgIpc) is 3.51. The molecule has 2 heterocycles. The number of aromatic nitrogens is 2. The number of nitrogens with zero attached hydrogens (tertiary/aromatic N) is 2. The molecule has 39 heavy (non-hydrogen) atoms. The van der Waals surface area contributed by atoms with Crippen LogP contribution in [0.4, 0.5) is 13.2 Å². The summed E-state index contributed by atoms with van der Waals surface area (Å²) < 4.78 is 54.3. The van der Waals surface area contributed by atoms with Gasteiger partial charge in [-0.1, -0.05) is 36.4 Å². The largest absolute Gasteiger partial charge is 0.492 e. The van der Waals surface area contributed by atoms with Crippen molar-refractivity contribution in [2.75, 3.05) is 6.61 Å². The second-order valence-electron chi connectivity index (χ2n) is 9.71. The number of carboxylic acid groups (broad SMARTS) is 1. The van der Waals surface area contributed by atoms with E-state index < -0.39 is 23.8 Å². The van der Waals surface area contributed by atoms with Crippen LogP contribution in [-0.4, -0.2) is 27.9 Å². The Morgan fingerprint density at radius 2 is 1.74 bits per heavy atom. The van der Waals surface area contributed by atoms with E-state index in [2.05, 4.69) is 10.2 Å². The van der Waals surface area contributed by atoms with E-state index in [0.29, 0.717) is 35.5 Å². The maximum atomic E-state index is 14.1. The van der Waals surface area contributed by atoms with Crippen LogP contribution in [0.1, 0.15) is 47.1 Å². The predicted octanol–water partition coefficient (Wildman–Crippen LogP) is 6.85. The van der Waals surface area contributed by atoms with Gasteiger partial charge in [0.25, 0.3) is 0 Å². The Labute approximate surface area is 222 Å². The molecule has 2 atom stereocenters. The first-order chi connectivity index (χ1) is 18.8. The lowest BCUT2D eigenvalue weighted by Crippen LogP contribution is -2.10. The fourth-order valence-electron chi connectivity index (χ4n) is 5.52. The number of carbonyl (C=O) groups is 1. The van der Waals surface area contributed by atoms with Crippen molar-refractivity contribution in [2.45, 2.75) is 37.5 Å². The number of carboxylic acids is 1. The van der Waals surface area contributed by atoms with Gasteiger partial charge in [-0.15, -0.1) is 0 Å². The van der Waals surface area contributed by atoms with Gasteiger partial charge in [0.05, 0.1) is 31.0 Å². The first-order valence-corrected chi connectivity index (χ1v) is 12.5. The number of ether oxygens (including phenoxy) is 2. The van der Waals surface area contributed by atoms with E-state index in [1.165, 1.54) is 6.07 Å². The molecule has 0 saturated heterocycles. The number of alkyl halides is 3. The van der Waals surface area contributed by atoms with Gasteiger partial charge < -0.3 is 14.6 Å². The molecule has 0 radical (unpaired) electrons. The molecule has 0 saturated carbocycles. The van der Waals surface area contributed by atoms with Crippen LogP contribution in [0.25, 0.3) is 22.3 Å². The lowest BCUT2D eigenvalue weighted by molar-refractivity contribution is -0.138. The minimum absolute atomic E-state index is 0.0199. The Balaban J connectivity index is 1.32. The molecule has 0 bridgehead atoms. The molecule has 1 aromatic heterocycles. The minimum atomic E-state index is -4.51. The molecule has 1 unspecified atom stereocenters. The molecule has 0 fully saturated rings. The molecule has 1 N–H and O–H groups in total. The quantitative estimate of drug-likeness (QED) is 0.293. The van der Waals surface area contributed by atoms with E-state index in [4.69, 9.17) is 14.6 Å². The topological polar surface area (TPSA) is 81.5 Å². The normalized spacial score (nSPS) is 17.8. The second-order valence-corrected chi connectivity index (χ2v) is 9.71. The third kappa shape index (κ3) is 4.80. The van der Waals surface area contributed by atoms with E-state index in [1.54, 1.807) is 60.9 Å². The summed E-state index contributed by atoms with van der Waals surface area (Å²) in [5.41, 5.74) is 3.83. The highest BCUT2D eigenvalue weighted by molar-refractivity contribution is 5.77. The van der Waals surface area contributed by atoms with Gasteiger partial charge in [-0.2, -0.15) is 23.4 Å². The highest BCUT2D eigenvalue weighted by Gasteiger charge is 2.38. The molecule has 0 amide bonds. The molecule has 2 aliphatic rings. The van der Waals surface area contributed by atoms with Crippen LogP contribution in [0.2, 0.25) is 0 Å². The van der Waals surface area contributed by atoms with Crippen LogP contribution in [0.15, 0.2) is 73.1 Å². The van der Waals surface area contributed by atoms with Crippen LogP contribution < -0.4 is 9.47 Å². The molecule has 198 valence electrons. The van der Waals surface area contributed by atoms with Crippen LogP contribution in [0.5, 0.6) is 11.5 Å². The van der Waals surface area contributed by atoms with Crippen LogP contribution in [-0.2, 0) is 17.4 Å². The summed E-state index contributed by atoms with van der Waals surface area (Å²) in [5, 5.41) is 16.8. The summed E-state index contributed by atoms with van der Waals surface area (Å²) in [5.74, 6) is -0.00500. The first kappa shape index (κ1) is 24.9. The first-order valence-electron chi connectivity index (χ1n) is 12.5. The van der Waals surface area contributed by atoms with Crippen molar-refractivity contribution in [3.63, 3.8) is 0 Å². The summed E-state index contributed by atoms with van der Waals surface area (Å²) in [6.07, 6.45) is -0.806. The van der Waals surface area contributed by atoms with Gasteiger partial charge in [0.15, 0.2) is 0 Å². The summed E-state index contributed by atoms with van der Waals surface area (Å²) in [7, 11) is 0. The fourth-order valence-corrected chi connectivity index (χ4v) is 5.52. The van der Waals surface area contributed by atoms with Crippen molar-refractivity contribution in [3.8, 4) is 33.8 Å². The zero-order chi connectivity index (χ0) is 27.1. The molecule has 9 heteroatoms. The number of rotatable bonds is 6. The lowest BCUT2D eigenvalue weighted by Gasteiger charge is -2.20. The number of hydrogen-bond acceptors (Lipinski definition) is 5. The highest BCUT2D eigenvalue weighted by atomic mass is 19.4. The van der Waals surface area contributed by atoms with Gasteiger partial charge in [-0.25, -0.2) is 0 Å². The monoisotopic (exact) mass is 532 g/mol. The van der Waals surface area contributed by atoms with Crippen LogP contribution in [0, 0.1) is 0 Å². The van der Waals surface area contributed by atoms with Crippen LogP contribution in [0.3, 0.4) is 0 Å². The highest BCUT2D eigenvalue weighted by Crippen LogP contribution is 2.47. The van der Waals surface area contributed by atoms with Gasteiger partial charge in [0.1, 0.15) is 17.6 Å². The Bertz CT molecular complexity index is 1540. The van der Waals surface area contributed by atoms with Crippen molar-refractivity contribution in [3.05, 3.63) is 95.3 Å². The molecular weight excluding hydrogens is 509 g/mol. The van der Waals surface area contributed by atoms with E-state index in [1.807, 2.05) is 0 Å². The van der Waals surface area contributed by atoms with E-state index >= 15 is 0 Å². The van der Waals surface area contributed by atoms with E-state index in [9.17, 15) is 18.0 Å². The minimum Gasteiger partial charge on any atom is -0.492 e. The SMILES string of the molecule is O=C(O)C[C@@H]1COc2cc(OC3CCc4c3ccc(C(F)(F)F)c4-c3ccc(-c4ccnnc4)cc3)ccc21. The Kier molecular flexibility index (Phi) is 6.21.